The van der Waals surface area contributed by atoms with Gasteiger partial charge in [-0.2, -0.15) is 0 Å². The Labute approximate surface area is 247 Å². The highest BCUT2D eigenvalue weighted by Gasteiger charge is 2.55. The predicted molar refractivity (Wildman–Crippen MR) is 166 cm³/mol. The number of ether oxygens (including phenoxy) is 1. The van der Waals surface area contributed by atoms with Gasteiger partial charge in [-0.25, -0.2) is 14.4 Å². The van der Waals surface area contributed by atoms with Crippen LogP contribution in [0.2, 0.25) is 0 Å². The molecule has 5 atom stereocenters. The van der Waals surface area contributed by atoms with Gasteiger partial charge < -0.3 is 20.3 Å². The van der Waals surface area contributed by atoms with Gasteiger partial charge in [0.05, 0.1) is 30.4 Å². The van der Waals surface area contributed by atoms with Gasteiger partial charge in [0.1, 0.15) is 11.6 Å². The molecule has 0 radical (unpaired) electrons. The van der Waals surface area contributed by atoms with Crippen LogP contribution in [0.3, 0.4) is 0 Å². The summed E-state index contributed by atoms with van der Waals surface area (Å²) < 4.78 is 21.1. The molecule has 8 nitrogen and oxygen atoms in total. The van der Waals surface area contributed by atoms with Crippen LogP contribution in [0.4, 0.5) is 10.1 Å². The number of nitrogens with zero attached hydrogens (tertiary/aromatic N) is 4. The van der Waals surface area contributed by atoms with E-state index >= 15 is 0 Å². The fourth-order valence-electron chi connectivity index (χ4n) is 7.61. The topological polar surface area (TPSA) is 83.8 Å². The number of fused-ring (bicyclic) bond motifs is 3. The third kappa shape index (κ3) is 5.39. The number of halogens is 1. The zero-order valence-electron chi connectivity index (χ0n) is 25.2. The SMILES string of the molecule is CCC1(C)C2CCC1C(/N=C(/Nc1ccc3c(=O)n(CCc4ccc(OC)cc4F)cnc3c1)N1CCN[C@@H](C)C1)C2. The van der Waals surface area contributed by atoms with E-state index in [1.807, 2.05) is 18.2 Å². The highest BCUT2D eigenvalue weighted by molar-refractivity contribution is 5.96. The summed E-state index contributed by atoms with van der Waals surface area (Å²) in [6.45, 7) is 10.1. The van der Waals surface area contributed by atoms with Crippen LogP contribution < -0.4 is 20.9 Å². The molecule has 4 unspecified atom stereocenters. The van der Waals surface area contributed by atoms with E-state index in [0.29, 0.717) is 58.6 Å². The molecule has 0 amide bonds. The van der Waals surface area contributed by atoms with Crippen LogP contribution >= 0.6 is 0 Å². The third-order valence-corrected chi connectivity index (χ3v) is 10.3. The molecule has 1 aromatic heterocycles. The lowest BCUT2D eigenvalue weighted by atomic mass is 9.77. The van der Waals surface area contributed by atoms with Crippen molar-refractivity contribution in [1.29, 1.82) is 0 Å². The Morgan fingerprint density at radius 1 is 1.26 bits per heavy atom. The van der Waals surface area contributed by atoms with E-state index in [0.717, 1.165) is 37.2 Å². The molecular weight excluding hydrogens is 531 g/mol. The van der Waals surface area contributed by atoms with Crippen LogP contribution in [-0.2, 0) is 13.0 Å². The second-order valence-corrected chi connectivity index (χ2v) is 12.6. The summed E-state index contributed by atoms with van der Waals surface area (Å²) in [5.41, 5.74) is 2.29. The Morgan fingerprint density at radius 3 is 2.86 bits per heavy atom. The molecule has 2 saturated carbocycles. The van der Waals surface area contributed by atoms with Crippen molar-refractivity contribution in [3.05, 3.63) is 64.5 Å². The standard InChI is InChI=1S/C33H43FN6O2/c1-5-33(3)23-7-11-27(33)30(16-23)38-32(39-15-13-35-21(2)19-39)37-24-8-10-26-29(17-24)36-20-40(31(26)41)14-12-22-6-9-25(42-4)18-28(22)34/h6,8-10,17-18,20-21,23,27,30,35H,5,7,11-16,19H2,1-4H3,(H,37,38)/t21-,23?,27?,30?,33?/m0/s1. The van der Waals surface area contributed by atoms with Crippen LogP contribution in [0.1, 0.15) is 52.0 Å². The monoisotopic (exact) mass is 574 g/mol. The molecule has 2 N–H and O–H groups in total. The average Bonchev–Trinajstić information content (AvgIpc) is 3.45. The molecule has 224 valence electrons. The Hall–Kier alpha value is -3.46. The van der Waals surface area contributed by atoms with Gasteiger partial charge in [0.15, 0.2) is 5.96 Å². The summed E-state index contributed by atoms with van der Waals surface area (Å²) in [6.07, 6.45) is 6.92. The molecule has 3 aromatic rings. The highest BCUT2D eigenvalue weighted by atomic mass is 19.1. The first kappa shape index (κ1) is 28.6. The molecule has 0 spiro atoms. The van der Waals surface area contributed by atoms with Crippen molar-refractivity contribution in [2.45, 2.75) is 71.5 Å². The second-order valence-electron chi connectivity index (χ2n) is 12.6. The normalized spacial score (nSPS) is 27.5. The zero-order chi connectivity index (χ0) is 29.4. The van der Waals surface area contributed by atoms with Crippen molar-refractivity contribution in [1.82, 2.24) is 19.8 Å². The van der Waals surface area contributed by atoms with E-state index in [9.17, 15) is 9.18 Å². The second kappa shape index (κ2) is 11.7. The first-order valence-corrected chi connectivity index (χ1v) is 15.4. The van der Waals surface area contributed by atoms with Gasteiger partial charge in [0, 0.05) is 44.0 Å². The van der Waals surface area contributed by atoms with Crippen molar-refractivity contribution < 1.29 is 9.13 Å². The molecule has 9 heteroatoms. The van der Waals surface area contributed by atoms with Crippen LogP contribution in [-0.4, -0.2) is 59.2 Å². The Kier molecular flexibility index (Phi) is 7.96. The maximum atomic E-state index is 14.4. The summed E-state index contributed by atoms with van der Waals surface area (Å²) in [5, 5.41) is 7.72. The van der Waals surface area contributed by atoms with Crippen LogP contribution in [0.25, 0.3) is 10.9 Å². The van der Waals surface area contributed by atoms with E-state index in [-0.39, 0.29) is 11.4 Å². The number of hydrogen-bond acceptors (Lipinski definition) is 5. The quantitative estimate of drug-likeness (QED) is 0.303. The van der Waals surface area contributed by atoms with Crippen molar-refractivity contribution >= 4 is 22.5 Å². The number of aromatic nitrogens is 2. The number of methoxy groups -OCH3 is 1. The smallest absolute Gasteiger partial charge is 0.261 e. The lowest BCUT2D eigenvalue weighted by Gasteiger charge is -2.35. The lowest BCUT2D eigenvalue weighted by Crippen LogP contribution is -2.53. The van der Waals surface area contributed by atoms with E-state index in [4.69, 9.17) is 9.73 Å². The number of anilines is 1. The maximum Gasteiger partial charge on any atom is 0.261 e. The zero-order valence-corrected chi connectivity index (χ0v) is 25.2. The molecule has 2 aromatic carbocycles. The minimum atomic E-state index is -0.340. The molecular formula is C33H43FN6O2. The molecule has 2 aliphatic carbocycles. The van der Waals surface area contributed by atoms with Crippen molar-refractivity contribution in [3.8, 4) is 5.75 Å². The minimum Gasteiger partial charge on any atom is -0.497 e. The Balaban J connectivity index is 1.23. The largest absolute Gasteiger partial charge is 0.497 e. The van der Waals surface area contributed by atoms with Gasteiger partial charge >= 0.3 is 0 Å². The van der Waals surface area contributed by atoms with Crippen LogP contribution in [0, 0.1) is 23.1 Å². The summed E-state index contributed by atoms with van der Waals surface area (Å²) >= 11 is 0. The maximum absolute atomic E-state index is 14.4. The Bertz CT molecular complexity index is 1540. The average molecular weight is 575 g/mol. The first-order valence-electron chi connectivity index (χ1n) is 15.4. The van der Waals surface area contributed by atoms with Crippen molar-refractivity contribution in [3.63, 3.8) is 0 Å². The van der Waals surface area contributed by atoms with E-state index in [2.05, 4.69) is 41.3 Å². The number of hydrogen-bond donors (Lipinski definition) is 2. The number of rotatable bonds is 7. The number of benzene rings is 2. The van der Waals surface area contributed by atoms with Gasteiger partial charge in [0.2, 0.25) is 0 Å². The van der Waals surface area contributed by atoms with Crippen molar-refractivity contribution in [2.24, 2.45) is 22.2 Å². The van der Waals surface area contributed by atoms with Gasteiger partial charge in [-0.3, -0.25) is 9.36 Å². The molecule has 2 bridgehead atoms. The molecule has 42 heavy (non-hydrogen) atoms. The summed E-state index contributed by atoms with van der Waals surface area (Å²) in [4.78, 5) is 25.7. The Morgan fingerprint density at radius 2 is 2.12 bits per heavy atom. The number of aryl methyl sites for hydroxylation is 2. The summed E-state index contributed by atoms with van der Waals surface area (Å²) in [7, 11) is 1.51. The fraction of sp³-hybridized carbons (Fsp3) is 0.545. The third-order valence-electron chi connectivity index (χ3n) is 10.3. The number of aliphatic imine (C=N–C) groups is 1. The molecule has 2 heterocycles. The summed E-state index contributed by atoms with van der Waals surface area (Å²) in [6, 6.07) is 11.2. The van der Waals surface area contributed by atoms with Crippen LogP contribution in [0.15, 0.2) is 52.5 Å². The molecule has 6 rings (SSSR count). The number of guanidine groups is 1. The van der Waals surface area contributed by atoms with E-state index in [1.165, 1.54) is 38.9 Å². The van der Waals surface area contributed by atoms with E-state index in [1.54, 1.807) is 23.0 Å². The van der Waals surface area contributed by atoms with Gasteiger partial charge in [-0.15, -0.1) is 0 Å². The lowest BCUT2D eigenvalue weighted by molar-refractivity contribution is 0.210. The number of nitrogens with one attached hydrogen (secondary N) is 2. The molecule has 1 aliphatic heterocycles. The van der Waals surface area contributed by atoms with Gasteiger partial charge in [-0.1, -0.05) is 26.3 Å². The summed E-state index contributed by atoms with van der Waals surface area (Å²) in [5.74, 6) is 2.45. The molecule has 1 saturated heterocycles. The molecule has 3 aliphatic rings. The minimum absolute atomic E-state index is 0.133. The van der Waals surface area contributed by atoms with Crippen molar-refractivity contribution in [2.75, 3.05) is 32.1 Å². The van der Waals surface area contributed by atoms with Crippen LogP contribution in [0.5, 0.6) is 5.75 Å². The number of piperazine rings is 1. The van der Waals surface area contributed by atoms with Gasteiger partial charge in [-0.05, 0) is 79.7 Å². The molecule has 3 fully saturated rings. The van der Waals surface area contributed by atoms with Gasteiger partial charge in [0.25, 0.3) is 5.56 Å². The van der Waals surface area contributed by atoms with E-state index < -0.39 is 0 Å². The fourth-order valence-corrected chi connectivity index (χ4v) is 7.61. The highest BCUT2D eigenvalue weighted by Crippen LogP contribution is 2.60. The first-order chi connectivity index (χ1) is 20.3. The predicted octanol–water partition coefficient (Wildman–Crippen LogP) is 5.06.